The molecule has 0 atom stereocenters. The summed E-state index contributed by atoms with van der Waals surface area (Å²) in [5.74, 6) is 1.80. The lowest BCUT2D eigenvalue weighted by molar-refractivity contribution is 0.669. The van der Waals surface area contributed by atoms with Gasteiger partial charge >= 0.3 is 0 Å². The van der Waals surface area contributed by atoms with Crippen LogP contribution in [0.25, 0.3) is 125 Å². The zero-order valence-electron chi connectivity index (χ0n) is 31.4. The van der Waals surface area contributed by atoms with Crippen LogP contribution in [-0.2, 0) is 0 Å². The van der Waals surface area contributed by atoms with E-state index in [9.17, 15) is 0 Å². The number of benzene rings is 9. The molecule has 274 valence electrons. The molecule has 13 aromatic rings. The molecule has 0 saturated carbocycles. The van der Waals surface area contributed by atoms with Gasteiger partial charge in [-0.15, -0.1) is 11.3 Å². The molecule has 0 fully saturated rings. The number of nitrogens with zero attached hydrogens (tertiary/aromatic N) is 4. The Hall–Kier alpha value is -7.67. The predicted molar refractivity (Wildman–Crippen MR) is 246 cm³/mol. The molecular weight excluding hydrogens is 741 g/mol. The second kappa shape index (κ2) is 12.4. The van der Waals surface area contributed by atoms with Gasteiger partial charge < -0.3 is 8.98 Å². The summed E-state index contributed by atoms with van der Waals surface area (Å²) in [5.41, 5.74) is 7.62. The quantitative estimate of drug-likeness (QED) is 0.179. The summed E-state index contributed by atoms with van der Waals surface area (Å²) in [6.45, 7) is 0. The van der Waals surface area contributed by atoms with Gasteiger partial charge in [-0.25, -0.2) is 15.0 Å². The Kier molecular flexibility index (Phi) is 6.82. The Morgan fingerprint density at radius 1 is 0.407 bits per heavy atom. The highest BCUT2D eigenvalue weighted by Gasteiger charge is 2.23. The van der Waals surface area contributed by atoms with Crippen LogP contribution in [0.5, 0.6) is 0 Å². The van der Waals surface area contributed by atoms with Crippen molar-refractivity contribution in [3.05, 3.63) is 182 Å². The largest absolute Gasteiger partial charge is 0.455 e. The molecule has 0 unspecified atom stereocenters. The first kappa shape index (κ1) is 32.4. The van der Waals surface area contributed by atoms with Crippen LogP contribution < -0.4 is 0 Å². The molecule has 0 aliphatic carbocycles. The van der Waals surface area contributed by atoms with Gasteiger partial charge in [0.1, 0.15) is 11.2 Å². The van der Waals surface area contributed by atoms with Crippen molar-refractivity contribution in [1.29, 1.82) is 0 Å². The van der Waals surface area contributed by atoms with E-state index in [1.165, 1.54) is 36.3 Å². The minimum atomic E-state index is 0.565. The summed E-state index contributed by atoms with van der Waals surface area (Å²) in [5, 5.41) is 11.5. The van der Waals surface area contributed by atoms with Gasteiger partial charge in [0.15, 0.2) is 17.5 Å². The summed E-state index contributed by atoms with van der Waals surface area (Å²) < 4.78 is 11.9. The van der Waals surface area contributed by atoms with Gasteiger partial charge in [-0.3, -0.25) is 0 Å². The van der Waals surface area contributed by atoms with Gasteiger partial charge in [-0.05, 0) is 70.1 Å². The zero-order valence-corrected chi connectivity index (χ0v) is 32.2. The average molecular weight is 771 g/mol. The Bertz CT molecular complexity index is 3860. The minimum Gasteiger partial charge on any atom is -0.455 e. The fraction of sp³-hybridized carbons (Fsp3) is 0. The van der Waals surface area contributed by atoms with Crippen molar-refractivity contribution < 1.29 is 4.42 Å². The summed E-state index contributed by atoms with van der Waals surface area (Å²) in [4.78, 5) is 15.7. The molecule has 5 nitrogen and oxygen atoms in total. The highest BCUT2D eigenvalue weighted by atomic mass is 32.1. The van der Waals surface area contributed by atoms with Crippen molar-refractivity contribution in [3.8, 4) is 39.9 Å². The van der Waals surface area contributed by atoms with Crippen LogP contribution in [-0.4, -0.2) is 19.5 Å². The molecule has 0 saturated heterocycles. The monoisotopic (exact) mass is 770 g/mol. The van der Waals surface area contributed by atoms with Crippen molar-refractivity contribution in [1.82, 2.24) is 19.5 Å². The van der Waals surface area contributed by atoms with Gasteiger partial charge in [-0.1, -0.05) is 127 Å². The van der Waals surface area contributed by atoms with Crippen LogP contribution in [0.3, 0.4) is 0 Å². The molecule has 9 aromatic carbocycles. The maximum absolute atomic E-state index is 7.07. The molecule has 0 radical (unpaired) electrons. The lowest BCUT2D eigenvalue weighted by Crippen LogP contribution is -2.00. The van der Waals surface area contributed by atoms with Gasteiger partial charge in [-0.2, -0.15) is 0 Å². The molecule has 4 aromatic heterocycles. The lowest BCUT2D eigenvalue weighted by atomic mass is 9.99. The molecule has 13 rings (SSSR count). The first-order valence-corrected chi connectivity index (χ1v) is 20.6. The van der Waals surface area contributed by atoms with Crippen LogP contribution in [0.15, 0.2) is 186 Å². The second-order valence-electron chi connectivity index (χ2n) is 15.2. The Morgan fingerprint density at radius 2 is 1.08 bits per heavy atom. The highest BCUT2D eigenvalue weighted by molar-refractivity contribution is 7.25. The number of fused-ring (bicyclic) bond motifs is 12. The molecule has 6 heteroatoms. The Labute approximate surface area is 341 Å². The molecular formula is C53H30N4OS. The van der Waals surface area contributed by atoms with Crippen LogP contribution >= 0.6 is 11.3 Å². The maximum atomic E-state index is 7.07. The van der Waals surface area contributed by atoms with Gasteiger partial charge in [0.2, 0.25) is 0 Å². The van der Waals surface area contributed by atoms with E-state index in [4.69, 9.17) is 19.4 Å². The topological polar surface area (TPSA) is 56.7 Å². The second-order valence-corrected chi connectivity index (χ2v) is 16.2. The number of hydrogen-bond acceptors (Lipinski definition) is 5. The van der Waals surface area contributed by atoms with Gasteiger partial charge in [0, 0.05) is 64.6 Å². The van der Waals surface area contributed by atoms with Crippen molar-refractivity contribution in [2.45, 2.75) is 0 Å². The third-order valence-corrected chi connectivity index (χ3v) is 12.9. The predicted octanol–water partition coefficient (Wildman–Crippen LogP) is 14.5. The van der Waals surface area contributed by atoms with Crippen LogP contribution in [0.2, 0.25) is 0 Å². The summed E-state index contributed by atoms with van der Waals surface area (Å²) in [7, 11) is 0. The van der Waals surface area contributed by atoms with E-state index >= 15 is 0 Å². The number of rotatable bonds is 4. The number of hydrogen-bond donors (Lipinski definition) is 0. The van der Waals surface area contributed by atoms with E-state index in [0.29, 0.717) is 17.5 Å². The maximum Gasteiger partial charge on any atom is 0.167 e. The lowest BCUT2D eigenvalue weighted by Gasteiger charge is -2.11. The Balaban J connectivity index is 1.08. The molecule has 0 aliphatic rings. The van der Waals surface area contributed by atoms with E-state index in [1.54, 1.807) is 11.3 Å². The van der Waals surface area contributed by atoms with Crippen molar-refractivity contribution in [2.24, 2.45) is 0 Å². The average Bonchev–Trinajstić information content (AvgIpc) is 3.97. The van der Waals surface area contributed by atoms with Crippen LogP contribution in [0, 0.1) is 0 Å². The van der Waals surface area contributed by atoms with E-state index in [0.717, 1.165) is 71.5 Å². The third-order valence-electron chi connectivity index (χ3n) is 11.8. The van der Waals surface area contributed by atoms with E-state index in [-0.39, 0.29) is 0 Å². The molecule has 0 amide bonds. The summed E-state index contributed by atoms with van der Waals surface area (Å²) in [6.07, 6.45) is 0. The standard InChI is InChI=1S/C53H30N4OS/c1-2-13-31(14-3-1)51-54-52(40-21-12-24-47-48(40)39-20-9-11-23-46(39)59-47)56-53(55-51)42-28-34-17-6-7-18-36(34)49-38-26-25-35(30-45(38)58-50(42)49)57-43-22-10-8-19-37(43)41-27-32-15-4-5-16-33(32)29-44(41)57/h1-30H. The number of para-hydroxylation sites is 1. The fourth-order valence-corrected chi connectivity index (χ4v) is 10.3. The third kappa shape index (κ3) is 4.87. The Morgan fingerprint density at radius 3 is 1.95 bits per heavy atom. The number of aromatic nitrogens is 4. The van der Waals surface area contributed by atoms with Crippen molar-refractivity contribution >= 4 is 96.8 Å². The van der Waals surface area contributed by atoms with E-state index in [2.05, 4.69) is 168 Å². The molecule has 0 N–H and O–H groups in total. The first-order valence-electron chi connectivity index (χ1n) is 19.8. The van der Waals surface area contributed by atoms with Gasteiger partial charge in [0.25, 0.3) is 0 Å². The first-order chi connectivity index (χ1) is 29.2. The van der Waals surface area contributed by atoms with Gasteiger partial charge in [0.05, 0.1) is 16.6 Å². The SMILES string of the molecule is c1ccc(-c2nc(-c3cc4ccccc4c4c3oc3cc(-n5c6ccccc6c6cc7ccccc7cc65)ccc34)nc(-c3cccc4sc5ccccc5c34)n2)cc1. The molecule has 0 spiro atoms. The van der Waals surface area contributed by atoms with E-state index in [1.807, 2.05) is 18.2 Å². The molecule has 0 aliphatic heterocycles. The normalized spacial score (nSPS) is 12.1. The zero-order chi connectivity index (χ0) is 38.6. The molecule has 59 heavy (non-hydrogen) atoms. The number of thiophene rings is 1. The number of furan rings is 1. The highest BCUT2D eigenvalue weighted by Crippen LogP contribution is 2.44. The van der Waals surface area contributed by atoms with Crippen LogP contribution in [0.1, 0.15) is 0 Å². The van der Waals surface area contributed by atoms with Crippen molar-refractivity contribution in [2.75, 3.05) is 0 Å². The van der Waals surface area contributed by atoms with Crippen LogP contribution in [0.4, 0.5) is 0 Å². The summed E-state index contributed by atoms with van der Waals surface area (Å²) in [6, 6.07) is 64.3. The molecule has 4 heterocycles. The molecule has 0 bridgehead atoms. The van der Waals surface area contributed by atoms with E-state index < -0.39 is 0 Å². The minimum absolute atomic E-state index is 0.565. The summed E-state index contributed by atoms with van der Waals surface area (Å²) >= 11 is 1.79. The smallest absolute Gasteiger partial charge is 0.167 e. The van der Waals surface area contributed by atoms with Crippen molar-refractivity contribution in [3.63, 3.8) is 0 Å². The fourth-order valence-electron chi connectivity index (χ4n) is 9.15.